The summed E-state index contributed by atoms with van der Waals surface area (Å²) in [6, 6.07) is 4.05. The first-order valence-corrected chi connectivity index (χ1v) is 16.6. The molecule has 11 heteroatoms. The van der Waals surface area contributed by atoms with Gasteiger partial charge in [-0.1, -0.05) is 54.1 Å². The topological polar surface area (TPSA) is 125 Å². The molecule has 0 aromatic heterocycles. The van der Waals surface area contributed by atoms with Crippen molar-refractivity contribution in [2.45, 2.75) is 88.6 Å². The fourth-order valence-electron chi connectivity index (χ4n) is 7.09. The van der Waals surface area contributed by atoms with Gasteiger partial charge in [-0.15, -0.1) is 13.2 Å². The van der Waals surface area contributed by atoms with E-state index in [1.165, 1.54) is 4.90 Å². The van der Waals surface area contributed by atoms with E-state index < -0.39 is 53.6 Å². The number of nitrogens with zero attached hydrogens (tertiary/aromatic N) is 2. The Bertz CT molecular complexity index is 1330. The van der Waals surface area contributed by atoms with E-state index in [9.17, 15) is 24.3 Å². The fraction of sp³-hybridized carbons (Fsp3) is 0.588. The second-order valence-electron chi connectivity index (χ2n) is 12.8. The predicted molar refractivity (Wildman–Crippen MR) is 175 cm³/mol. The van der Waals surface area contributed by atoms with Crippen LogP contribution in [0, 0.1) is 31.6 Å². The van der Waals surface area contributed by atoms with E-state index in [-0.39, 0.29) is 48.7 Å². The predicted octanol–water partition coefficient (Wildman–Crippen LogP) is 3.60. The van der Waals surface area contributed by atoms with E-state index >= 15 is 0 Å². The molecule has 3 aliphatic heterocycles. The van der Waals surface area contributed by atoms with Gasteiger partial charge in [0.15, 0.2) is 0 Å². The number of alkyl halides is 1. The number of benzene rings is 1. The van der Waals surface area contributed by atoms with Gasteiger partial charge >= 0.3 is 5.97 Å². The minimum absolute atomic E-state index is 0.112. The van der Waals surface area contributed by atoms with Crippen molar-refractivity contribution >= 4 is 45.3 Å². The number of rotatable bonds is 14. The van der Waals surface area contributed by atoms with Gasteiger partial charge in [0.25, 0.3) is 5.91 Å². The van der Waals surface area contributed by atoms with E-state index in [1.54, 1.807) is 24.0 Å². The summed E-state index contributed by atoms with van der Waals surface area (Å²) < 4.78 is 12.4. The number of nitrogens with one attached hydrogen (secondary N) is 1. The molecule has 10 nitrogen and oxygen atoms in total. The van der Waals surface area contributed by atoms with Crippen molar-refractivity contribution in [2.75, 3.05) is 24.6 Å². The van der Waals surface area contributed by atoms with E-state index in [1.807, 2.05) is 45.9 Å². The van der Waals surface area contributed by atoms with Gasteiger partial charge in [-0.05, 0) is 56.7 Å². The minimum Gasteiger partial charge on any atom is -0.460 e. The van der Waals surface area contributed by atoms with Crippen molar-refractivity contribution in [3.05, 3.63) is 54.6 Å². The van der Waals surface area contributed by atoms with Crippen molar-refractivity contribution in [2.24, 2.45) is 17.8 Å². The van der Waals surface area contributed by atoms with Crippen molar-refractivity contribution in [1.82, 2.24) is 10.2 Å². The number of carbonyl (C=O) groups excluding carboxylic acids is 4. The number of esters is 1. The summed E-state index contributed by atoms with van der Waals surface area (Å²) in [7, 11) is 0. The highest BCUT2D eigenvalue weighted by atomic mass is 79.9. The number of aryl methyl sites for hydroxylation is 2. The number of ether oxygens (including phenoxy) is 2. The number of aliphatic hydroxyl groups is 1. The lowest BCUT2D eigenvalue weighted by atomic mass is 9.70. The molecule has 2 bridgehead atoms. The molecule has 0 aliphatic carbocycles. The Morgan fingerprint density at radius 3 is 2.58 bits per heavy atom. The van der Waals surface area contributed by atoms with Crippen LogP contribution in [0.4, 0.5) is 5.69 Å². The number of fused-ring (bicyclic) bond motifs is 1. The molecule has 3 aliphatic rings. The van der Waals surface area contributed by atoms with Gasteiger partial charge in [0, 0.05) is 23.5 Å². The van der Waals surface area contributed by atoms with Crippen LogP contribution in [0.15, 0.2) is 43.5 Å². The summed E-state index contributed by atoms with van der Waals surface area (Å²) in [5.74, 6) is -3.71. The van der Waals surface area contributed by atoms with Crippen LogP contribution in [-0.4, -0.2) is 88.1 Å². The normalized spacial score (nSPS) is 28.0. The molecular formula is C34H46BrN3O7. The Morgan fingerprint density at radius 2 is 1.96 bits per heavy atom. The number of amides is 3. The molecule has 246 valence electrons. The zero-order chi connectivity index (χ0) is 33.2. The van der Waals surface area contributed by atoms with Crippen LogP contribution in [0.5, 0.6) is 0 Å². The summed E-state index contributed by atoms with van der Waals surface area (Å²) in [5, 5.41) is 13.3. The van der Waals surface area contributed by atoms with Gasteiger partial charge in [-0.25, -0.2) is 0 Å². The third kappa shape index (κ3) is 6.49. The third-order valence-electron chi connectivity index (χ3n) is 9.26. The van der Waals surface area contributed by atoms with Crippen LogP contribution < -0.4 is 10.2 Å². The minimum atomic E-state index is -1.32. The molecule has 2 N–H and O–H groups in total. The molecule has 1 aromatic carbocycles. The standard InChI is InChI=1S/C34H46BrN3O7/c1-8-10-11-26(40)36-17-22(7)44-33(43)27-28-31(41)38(25(18-39)19(3)4)30(34(28)16-23(35)29(27)45-34)32(42)37(14-9-2)24-15-20(5)12-13-21(24)6/h8-9,12-13,15,19,22-23,25,27-30,39H,1-2,10-11,14,16-18H2,3-7H3,(H,36,40)/t22-,23?,25+,27-,28+,29-,30-,34+/m1/s1. The number of aliphatic hydroxyl groups excluding tert-OH is 1. The molecule has 8 atom stereocenters. The molecule has 1 aromatic rings. The summed E-state index contributed by atoms with van der Waals surface area (Å²) in [4.78, 5) is 58.0. The summed E-state index contributed by atoms with van der Waals surface area (Å²) in [5.41, 5.74) is 1.22. The van der Waals surface area contributed by atoms with Crippen LogP contribution >= 0.6 is 15.9 Å². The molecule has 3 heterocycles. The number of hydrogen-bond acceptors (Lipinski definition) is 7. The Balaban J connectivity index is 1.72. The molecule has 45 heavy (non-hydrogen) atoms. The quantitative estimate of drug-likeness (QED) is 0.174. The lowest BCUT2D eigenvalue weighted by Crippen LogP contribution is -2.60. The maximum absolute atomic E-state index is 14.9. The van der Waals surface area contributed by atoms with Crippen molar-refractivity contribution in [1.29, 1.82) is 0 Å². The number of likely N-dealkylation sites (tertiary alicyclic amines) is 1. The lowest BCUT2D eigenvalue weighted by molar-refractivity contribution is -0.159. The van der Waals surface area contributed by atoms with Crippen LogP contribution in [-0.2, 0) is 28.7 Å². The highest BCUT2D eigenvalue weighted by Gasteiger charge is 2.77. The molecule has 3 amide bonds. The fourth-order valence-corrected chi connectivity index (χ4v) is 8.03. The van der Waals surface area contributed by atoms with Gasteiger partial charge in [0.1, 0.15) is 17.7 Å². The van der Waals surface area contributed by atoms with E-state index in [0.717, 1.165) is 11.1 Å². The average molecular weight is 689 g/mol. The van der Waals surface area contributed by atoms with Crippen LogP contribution in [0.2, 0.25) is 0 Å². The molecule has 3 saturated heterocycles. The monoisotopic (exact) mass is 687 g/mol. The Morgan fingerprint density at radius 1 is 1.24 bits per heavy atom. The summed E-state index contributed by atoms with van der Waals surface area (Å²) in [6.45, 7) is 16.8. The first kappa shape index (κ1) is 34.8. The van der Waals surface area contributed by atoms with Gasteiger partial charge in [-0.3, -0.25) is 19.2 Å². The molecule has 0 saturated carbocycles. The van der Waals surface area contributed by atoms with E-state index in [0.29, 0.717) is 18.5 Å². The highest BCUT2D eigenvalue weighted by molar-refractivity contribution is 9.09. The van der Waals surface area contributed by atoms with Crippen molar-refractivity contribution in [3.63, 3.8) is 0 Å². The maximum Gasteiger partial charge on any atom is 0.312 e. The molecule has 0 radical (unpaired) electrons. The van der Waals surface area contributed by atoms with Gasteiger partial charge in [0.05, 0.1) is 37.1 Å². The van der Waals surface area contributed by atoms with E-state index in [2.05, 4.69) is 34.4 Å². The molecule has 4 rings (SSSR count). The van der Waals surface area contributed by atoms with Crippen molar-refractivity contribution < 1.29 is 33.8 Å². The number of halogens is 1. The summed E-state index contributed by atoms with van der Waals surface area (Å²) in [6.07, 6.45) is 3.08. The second-order valence-corrected chi connectivity index (χ2v) is 14.0. The number of carbonyl (C=O) groups is 4. The first-order valence-electron chi connectivity index (χ1n) is 15.6. The molecule has 1 unspecified atom stereocenters. The zero-order valence-electron chi connectivity index (χ0n) is 26.8. The SMILES string of the molecule is C=CCCC(=O)NC[C@@H](C)OC(=O)[C@H]1[C@@H]2O[C@@]3(CC2Br)[C@@H]1C(=O)N([C@@H](CO)C(C)C)[C@@H]3C(=O)N(CC=C)c1cc(C)ccc1C. The van der Waals surface area contributed by atoms with Gasteiger partial charge < -0.3 is 29.7 Å². The van der Waals surface area contributed by atoms with Gasteiger partial charge in [0.2, 0.25) is 11.8 Å². The smallest absolute Gasteiger partial charge is 0.312 e. The maximum atomic E-state index is 14.9. The second kappa shape index (κ2) is 14.2. The molecular weight excluding hydrogens is 642 g/mol. The van der Waals surface area contributed by atoms with Crippen LogP contribution in [0.25, 0.3) is 0 Å². The van der Waals surface area contributed by atoms with Crippen LogP contribution in [0.1, 0.15) is 51.2 Å². The third-order valence-corrected chi connectivity index (χ3v) is 10.1. The molecule has 3 fully saturated rings. The number of hydrogen-bond donors (Lipinski definition) is 2. The Hall–Kier alpha value is -3.02. The zero-order valence-corrected chi connectivity index (χ0v) is 28.4. The number of allylic oxidation sites excluding steroid dienone is 1. The lowest BCUT2D eigenvalue weighted by Gasteiger charge is -2.40. The molecule has 1 spiro atoms. The highest BCUT2D eigenvalue weighted by Crippen LogP contribution is 2.61. The Kier molecular flexibility index (Phi) is 11.0. The van der Waals surface area contributed by atoms with Crippen molar-refractivity contribution in [3.8, 4) is 0 Å². The largest absolute Gasteiger partial charge is 0.460 e. The van der Waals surface area contributed by atoms with Gasteiger partial charge in [-0.2, -0.15) is 0 Å². The summed E-state index contributed by atoms with van der Waals surface area (Å²) >= 11 is 3.69. The number of anilines is 1. The average Bonchev–Trinajstić information content (AvgIpc) is 3.58. The first-order chi connectivity index (χ1) is 21.3. The van der Waals surface area contributed by atoms with E-state index in [4.69, 9.17) is 9.47 Å². The van der Waals surface area contributed by atoms with Crippen LogP contribution in [0.3, 0.4) is 0 Å². The Labute approximate surface area is 274 Å².